The van der Waals surface area contributed by atoms with Gasteiger partial charge in [0, 0.05) is 30.3 Å². The van der Waals surface area contributed by atoms with Gasteiger partial charge in [0.25, 0.3) is 0 Å². The van der Waals surface area contributed by atoms with Crippen molar-refractivity contribution in [2.75, 3.05) is 11.9 Å². The molecule has 4 N–H and O–H groups in total. The molecular weight excluding hydrogens is 420 g/mol. The van der Waals surface area contributed by atoms with E-state index in [0.717, 1.165) is 17.5 Å². The summed E-state index contributed by atoms with van der Waals surface area (Å²) in [7, 11) is 0. The van der Waals surface area contributed by atoms with E-state index in [1.807, 2.05) is 55.5 Å². The van der Waals surface area contributed by atoms with Gasteiger partial charge in [-0.15, -0.1) is 0 Å². The van der Waals surface area contributed by atoms with Crippen molar-refractivity contribution in [2.24, 2.45) is 17.6 Å². The van der Waals surface area contributed by atoms with Crippen molar-refractivity contribution in [3.8, 4) is 0 Å². The molecule has 5 rings (SSSR count). The van der Waals surface area contributed by atoms with Crippen LogP contribution in [0.5, 0.6) is 0 Å². The van der Waals surface area contributed by atoms with Gasteiger partial charge in [-0.3, -0.25) is 29.4 Å². The van der Waals surface area contributed by atoms with Gasteiger partial charge in [0.1, 0.15) is 5.54 Å². The Bertz CT molecular complexity index is 1160. The molecule has 0 aliphatic carbocycles. The molecule has 2 aromatic carbocycles. The summed E-state index contributed by atoms with van der Waals surface area (Å²) in [4.78, 5) is 53.6. The molecule has 8 heteroatoms. The van der Waals surface area contributed by atoms with E-state index < -0.39 is 29.3 Å². The van der Waals surface area contributed by atoms with Crippen LogP contribution in [0.1, 0.15) is 30.0 Å². The number of amides is 4. The zero-order chi connectivity index (χ0) is 23.3. The summed E-state index contributed by atoms with van der Waals surface area (Å²) in [6, 6.07) is 14.6. The Kier molecular flexibility index (Phi) is 5.05. The van der Waals surface area contributed by atoms with E-state index in [2.05, 4.69) is 10.6 Å². The van der Waals surface area contributed by atoms with E-state index in [1.165, 1.54) is 4.90 Å². The van der Waals surface area contributed by atoms with Crippen LogP contribution in [0.2, 0.25) is 0 Å². The van der Waals surface area contributed by atoms with Gasteiger partial charge in [-0.1, -0.05) is 49.4 Å². The molecule has 2 aromatic rings. The smallest absolute Gasteiger partial charge is 0.250 e. The fourth-order valence-electron chi connectivity index (χ4n) is 5.63. The molecule has 0 bridgehead atoms. The third-order valence-corrected chi connectivity index (χ3v) is 7.17. The standard InChI is InChI=1S/C25H26N4O4/c1-2-14-8-9-17-16(12-14)25(24(33)27-17)21-20(18(28-25)13-19(26)30)22(31)29(23(21)32)11-10-15-6-4-3-5-7-15/h3-9,12,18,20-21,28H,2,10-11,13H2,1H3,(H2,26,30)(H,27,33)/t18-,20+,21-,25-/m0/s1. The number of carbonyl (C=O) groups is 4. The third kappa shape index (κ3) is 3.16. The van der Waals surface area contributed by atoms with Crippen LogP contribution in [-0.2, 0) is 37.6 Å². The highest BCUT2D eigenvalue weighted by Crippen LogP contribution is 2.53. The molecule has 2 fully saturated rings. The normalized spacial score (nSPS) is 27.7. The molecule has 0 radical (unpaired) electrons. The molecule has 0 unspecified atom stereocenters. The summed E-state index contributed by atoms with van der Waals surface area (Å²) in [5, 5.41) is 6.11. The van der Waals surface area contributed by atoms with Gasteiger partial charge < -0.3 is 11.1 Å². The SMILES string of the molecule is CCc1ccc2c(c1)[C@@]1(N[C@@H](CC(N)=O)[C@H]3C(=O)N(CCc4ccccc4)C(=O)[C@H]31)C(=O)N2. The fraction of sp³-hybridized carbons (Fsp3) is 0.360. The number of primary amides is 1. The first-order valence-electron chi connectivity index (χ1n) is 11.3. The molecule has 1 spiro atoms. The zero-order valence-corrected chi connectivity index (χ0v) is 18.3. The number of benzene rings is 2. The van der Waals surface area contributed by atoms with Gasteiger partial charge in [0.15, 0.2) is 0 Å². The monoisotopic (exact) mass is 446 g/mol. The van der Waals surface area contributed by atoms with Crippen LogP contribution in [0.25, 0.3) is 0 Å². The van der Waals surface area contributed by atoms with E-state index >= 15 is 0 Å². The first-order chi connectivity index (χ1) is 15.9. The summed E-state index contributed by atoms with van der Waals surface area (Å²) < 4.78 is 0. The number of hydrogen-bond acceptors (Lipinski definition) is 5. The number of anilines is 1. The minimum Gasteiger partial charge on any atom is -0.370 e. The highest BCUT2D eigenvalue weighted by atomic mass is 16.2. The third-order valence-electron chi connectivity index (χ3n) is 7.17. The zero-order valence-electron chi connectivity index (χ0n) is 18.3. The lowest BCUT2D eigenvalue weighted by molar-refractivity contribution is -0.142. The first-order valence-corrected chi connectivity index (χ1v) is 11.3. The van der Waals surface area contributed by atoms with Crippen LogP contribution >= 0.6 is 0 Å². The van der Waals surface area contributed by atoms with Gasteiger partial charge in [-0.2, -0.15) is 0 Å². The highest BCUT2D eigenvalue weighted by Gasteiger charge is 2.70. The van der Waals surface area contributed by atoms with E-state index in [-0.39, 0.29) is 30.7 Å². The van der Waals surface area contributed by atoms with Gasteiger partial charge in [0.2, 0.25) is 23.6 Å². The highest BCUT2D eigenvalue weighted by molar-refractivity contribution is 6.15. The maximum absolute atomic E-state index is 13.7. The summed E-state index contributed by atoms with van der Waals surface area (Å²) in [6.45, 7) is 2.23. The molecular formula is C25H26N4O4. The van der Waals surface area contributed by atoms with E-state index in [4.69, 9.17) is 5.73 Å². The quantitative estimate of drug-likeness (QED) is 0.574. The Labute approximate surface area is 191 Å². The summed E-state index contributed by atoms with van der Waals surface area (Å²) in [5.74, 6) is -3.47. The van der Waals surface area contributed by atoms with Crippen LogP contribution in [0.15, 0.2) is 48.5 Å². The van der Waals surface area contributed by atoms with Gasteiger partial charge in [-0.05, 0) is 30.0 Å². The minimum absolute atomic E-state index is 0.134. The maximum atomic E-state index is 13.7. The second kappa shape index (κ2) is 7.81. The molecule has 170 valence electrons. The minimum atomic E-state index is -1.40. The lowest BCUT2D eigenvalue weighted by Crippen LogP contribution is -2.53. The average molecular weight is 447 g/mol. The Hall–Kier alpha value is -3.52. The van der Waals surface area contributed by atoms with Crippen molar-refractivity contribution in [3.63, 3.8) is 0 Å². The summed E-state index contributed by atoms with van der Waals surface area (Å²) in [6.07, 6.45) is 1.14. The molecule has 0 aromatic heterocycles. The molecule has 8 nitrogen and oxygen atoms in total. The second-order valence-electron chi connectivity index (χ2n) is 8.98. The predicted molar refractivity (Wildman–Crippen MR) is 121 cm³/mol. The molecule has 0 saturated carbocycles. The van der Waals surface area contributed by atoms with Crippen LogP contribution in [-0.4, -0.2) is 41.1 Å². The number of nitrogens with one attached hydrogen (secondary N) is 2. The Morgan fingerprint density at radius 1 is 1.06 bits per heavy atom. The van der Waals surface area contributed by atoms with Crippen molar-refractivity contribution in [3.05, 3.63) is 65.2 Å². The van der Waals surface area contributed by atoms with Crippen molar-refractivity contribution in [1.29, 1.82) is 0 Å². The second-order valence-corrected chi connectivity index (χ2v) is 8.98. The number of likely N-dealkylation sites (tertiary alicyclic amines) is 1. The molecule has 3 aliphatic heterocycles. The number of carbonyl (C=O) groups excluding carboxylic acids is 4. The van der Waals surface area contributed by atoms with E-state index in [1.54, 1.807) is 0 Å². The van der Waals surface area contributed by atoms with E-state index in [0.29, 0.717) is 17.7 Å². The fourth-order valence-corrected chi connectivity index (χ4v) is 5.63. The average Bonchev–Trinajstić information content (AvgIpc) is 3.37. The molecule has 2 saturated heterocycles. The Balaban J connectivity index is 1.56. The number of aryl methyl sites for hydroxylation is 1. The first kappa shape index (κ1) is 21.3. The van der Waals surface area contributed by atoms with Crippen molar-refractivity contribution >= 4 is 29.3 Å². The van der Waals surface area contributed by atoms with Crippen molar-refractivity contribution in [2.45, 2.75) is 37.8 Å². The number of hydrogen-bond donors (Lipinski definition) is 3. The topological polar surface area (TPSA) is 122 Å². The van der Waals surface area contributed by atoms with Gasteiger partial charge >= 0.3 is 0 Å². The molecule has 4 atom stereocenters. The van der Waals surface area contributed by atoms with Crippen LogP contribution < -0.4 is 16.4 Å². The van der Waals surface area contributed by atoms with Crippen LogP contribution in [0.4, 0.5) is 5.69 Å². The number of nitrogens with two attached hydrogens (primary N) is 1. The summed E-state index contributed by atoms with van der Waals surface area (Å²) >= 11 is 0. The number of fused-ring (bicyclic) bond motifs is 4. The molecule has 3 aliphatic rings. The lowest BCUT2D eigenvalue weighted by Gasteiger charge is -2.29. The Morgan fingerprint density at radius 2 is 1.82 bits per heavy atom. The number of rotatable bonds is 6. The van der Waals surface area contributed by atoms with Crippen molar-refractivity contribution in [1.82, 2.24) is 10.2 Å². The van der Waals surface area contributed by atoms with Crippen molar-refractivity contribution < 1.29 is 19.2 Å². The predicted octanol–water partition coefficient (Wildman–Crippen LogP) is 1.09. The summed E-state index contributed by atoms with van der Waals surface area (Å²) in [5.41, 5.74) is 7.36. The molecule has 4 amide bonds. The number of imide groups is 1. The molecule has 33 heavy (non-hydrogen) atoms. The lowest BCUT2D eigenvalue weighted by atomic mass is 9.76. The molecule has 3 heterocycles. The van der Waals surface area contributed by atoms with E-state index in [9.17, 15) is 19.2 Å². The number of nitrogens with zero attached hydrogens (tertiary/aromatic N) is 1. The maximum Gasteiger partial charge on any atom is 0.250 e. The Morgan fingerprint density at radius 3 is 2.52 bits per heavy atom. The largest absolute Gasteiger partial charge is 0.370 e. The van der Waals surface area contributed by atoms with Gasteiger partial charge in [-0.25, -0.2) is 0 Å². The van der Waals surface area contributed by atoms with Crippen LogP contribution in [0, 0.1) is 11.8 Å². The van der Waals surface area contributed by atoms with Crippen LogP contribution in [0.3, 0.4) is 0 Å². The van der Waals surface area contributed by atoms with Gasteiger partial charge in [0.05, 0.1) is 11.8 Å².